The van der Waals surface area contributed by atoms with Crippen LogP contribution in [0.2, 0.25) is 0 Å². The smallest absolute Gasteiger partial charge is 0.411 e. The van der Waals surface area contributed by atoms with E-state index in [1.165, 1.54) is 4.57 Å². The van der Waals surface area contributed by atoms with Crippen molar-refractivity contribution in [2.45, 2.75) is 17.8 Å². The molecule has 1 heterocycles. The largest absolute Gasteiger partial charge is 0.481 e. The summed E-state index contributed by atoms with van der Waals surface area (Å²) in [6.45, 7) is -1.43. The van der Waals surface area contributed by atoms with Crippen molar-refractivity contribution in [2.24, 2.45) is 7.05 Å². The van der Waals surface area contributed by atoms with Gasteiger partial charge >= 0.3 is 12.1 Å². The Morgan fingerprint density at radius 1 is 1.47 bits per heavy atom. The predicted octanol–water partition coefficient (Wildman–Crippen LogP) is 1.11. The van der Waals surface area contributed by atoms with Crippen molar-refractivity contribution in [3.63, 3.8) is 0 Å². The topological polar surface area (TPSA) is 77.2 Å². The predicted molar refractivity (Wildman–Crippen MR) is 59.9 cm³/mol. The number of halogens is 3. The van der Waals surface area contributed by atoms with Crippen LogP contribution in [0.1, 0.15) is 5.82 Å². The van der Waals surface area contributed by atoms with Crippen LogP contribution in [0.4, 0.5) is 13.2 Å². The number of thioether (sulfide) groups is 1. The van der Waals surface area contributed by atoms with Crippen LogP contribution < -0.4 is 0 Å². The van der Waals surface area contributed by atoms with Crippen molar-refractivity contribution in [3.05, 3.63) is 5.82 Å². The summed E-state index contributed by atoms with van der Waals surface area (Å²) in [5.41, 5.74) is 0. The van der Waals surface area contributed by atoms with Gasteiger partial charge in [-0.25, -0.2) is 0 Å². The Hall–Kier alpha value is -1.29. The fourth-order valence-corrected chi connectivity index (χ4v) is 1.82. The van der Waals surface area contributed by atoms with E-state index in [0.717, 1.165) is 11.8 Å². The lowest BCUT2D eigenvalue weighted by atomic mass is 10.4. The summed E-state index contributed by atoms with van der Waals surface area (Å²) < 4.78 is 41.5. The number of hydrogen-bond acceptors (Lipinski definition) is 5. The van der Waals surface area contributed by atoms with Crippen molar-refractivity contribution < 1.29 is 27.8 Å². The number of aliphatic carboxylic acids is 1. The molecule has 0 atom stereocenters. The highest BCUT2D eigenvalue weighted by atomic mass is 32.2. The monoisotopic (exact) mass is 299 g/mol. The number of carboxylic acid groups (broad SMARTS) is 1. The maximum absolute atomic E-state index is 11.8. The zero-order valence-electron chi connectivity index (χ0n) is 9.98. The molecule has 0 radical (unpaired) electrons. The molecule has 0 amide bonds. The number of alkyl halides is 3. The Labute approximate surface area is 111 Å². The number of rotatable bonds is 7. The fraction of sp³-hybridized carbons (Fsp3) is 0.667. The minimum atomic E-state index is -4.34. The second-order valence-electron chi connectivity index (χ2n) is 3.56. The van der Waals surface area contributed by atoms with Crippen LogP contribution in [0.5, 0.6) is 0 Å². The molecule has 19 heavy (non-hydrogen) atoms. The van der Waals surface area contributed by atoms with Crippen LogP contribution in [-0.2, 0) is 23.0 Å². The second-order valence-corrected chi connectivity index (χ2v) is 4.50. The van der Waals surface area contributed by atoms with Gasteiger partial charge in [-0.1, -0.05) is 11.8 Å². The molecule has 1 rings (SSSR count). The lowest BCUT2D eigenvalue weighted by molar-refractivity contribution is -0.173. The fourth-order valence-electron chi connectivity index (χ4n) is 1.17. The standard InChI is InChI=1S/C9H12F3N3O3S/c1-15-6(2-3-18-5-9(10,11)12)13-14-8(15)19-4-7(16)17/h2-5H2,1H3,(H,16,17). The minimum Gasteiger partial charge on any atom is -0.481 e. The first-order chi connectivity index (χ1) is 8.79. The van der Waals surface area contributed by atoms with Gasteiger partial charge in [-0.2, -0.15) is 13.2 Å². The first kappa shape index (κ1) is 15.8. The van der Waals surface area contributed by atoms with E-state index in [-0.39, 0.29) is 18.8 Å². The lowest BCUT2D eigenvalue weighted by Crippen LogP contribution is -2.18. The molecule has 10 heteroatoms. The van der Waals surface area contributed by atoms with Gasteiger partial charge in [0.25, 0.3) is 0 Å². The summed E-state index contributed by atoms with van der Waals surface area (Å²) in [5, 5.41) is 16.4. The van der Waals surface area contributed by atoms with E-state index in [9.17, 15) is 18.0 Å². The van der Waals surface area contributed by atoms with Crippen molar-refractivity contribution in [1.29, 1.82) is 0 Å². The summed E-state index contributed by atoms with van der Waals surface area (Å²) in [5.74, 6) is -0.700. The molecule has 0 aromatic carbocycles. The molecule has 1 N–H and O–H groups in total. The quantitative estimate of drug-likeness (QED) is 0.600. The van der Waals surface area contributed by atoms with Crippen molar-refractivity contribution in [1.82, 2.24) is 14.8 Å². The highest BCUT2D eigenvalue weighted by molar-refractivity contribution is 7.99. The van der Waals surface area contributed by atoms with Gasteiger partial charge in [-0.15, -0.1) is 10.2 Å². The van der Waals surface area contributed by atoms with Crippen molar-refractivity contribution in [3.8, 4) is 0 Å². The Balaban J connectivity index is 2.41. The van der Waals surface area contributed by atoms with Crippen LogP contribution >= 0.6 is 11.8 Å². The Morgan fingerprint density at radius 2 is 2.16 bits per heavy atom. The minimum absolute atomic E-state index is 0.130. The number of carbonyl (C=O) groups is 1. The van der Waals surface area contributed by atoms with Gasteiger partial charge in [0.1, 0.15) is 12.4 Å². The van der Waals surface area contributed by atoms with Gasteiger partial charge < -0.3 is 14.4 Å². The van der Waals surface area contributed by atoms with Crippen LogP contribution in [0.25, 0.3) is 0 Å². The molecular weight excluding hydrogens is 287 g/mol. The number of ether oxygens (including phenoxy) is 1. The average Bonchev–Trinajstić information content (AvgIpc) is 2.62. The Morgan fingerprint density at radius 3 is 2.74 bits per heavy atom. The molecule has 0 aliphatic heterocycles. The van der Waals surface area contributed by atoms with Crippen LogP contribution in [-0.4, -0.2) is 51.0 Å². The molecule has 0 saturated heterocycles. The molecule has 0 saturated carbocycles. The van der Waals surface area contributed by atoms with Gasteiger partial charge in [0.05, 0.1) is 12.4 Å². The van der Waals surface area contributed by atoms with E-state index in [0.29, 0.717) is 11.0 Å². The first-order valence-electron chi connectivity index (χ1n) is 5.17. The van der Waals surface area contributed by atoms with E-state index in [4.69, 9.17) is 5.11 Å². The first-order valence-corrected chi connectivity index (χ1v) is 6.15. The molecule has 1 aromatic heterocycles. The molecule has 0 aliphatic rings. The third-order valence-corrected chi connectivity index (χ3v) is 2.99. The molecule has 6 nitrogen and oxygen atoms in total. The SMILES string of the molecule is Cn1c(CCOCC(F)(F)F)nnc1SCC(=O)O. The second kappa shape index (κ2) is 6.75. The maximum atomic E-state index is 11.8. The third kappa shape index (κ3) is 5.92. The van der Waals surface area contributed by atoms with Crippen LogP contribution in [0, 0.1) is 0 Å². The van der Waals surface area contributed by atoms with Crippen molar-refractivity contribution in [2.75, 3.05) is 19.0 Å². The number of nitrogens with zero attached hydrogens (tertiary/aromatic N) is 3. The normalized spacial score (nSPS) is 11.8. The lowest BCUT2D eigenvalue weighted by Gasteiger charge is -2.07. The molecular formula is C9H12F3N3O3S. The molecule has 0 aliphatic carbocycles. The van der Waals surface area contributed by atoms with Crippen LogP contribution in [0.15, 0.2) is 5.16 Å². The van der Waals surface area contributed by atoms with Gasteiger partial charge in [-0.3, -0.25) is 4.79 Å². The van der Waals surface area contributed by atoms with Crippen molar-refractivity contribution >= 4 is 17.7 Å². The van der Waals surface area contributed by atoms with E-state index >= 15 is 0 Å². The van der Waals surface area contributed by atoms with Crippen LogP contribution in [0.3, 0.4) is 0 Å². The molecule has 0 spiro atoms. The summed E-state index contributed by atoms with van der Waals surface area (Å²) in [6.07, 6.45) is -4.17. The van der Waals surface area contributed by atoms with E-state index in [1.807, 2.05) is 0 Å². The highest BCUT2D eigenvalue weighted by Crippen LogP contribution is 2.16. The summed E-state index contributed by atoms with van der Waals surface area (Å²) in [4.78, 5) is 10.4. The van der Waals surface area contributed by atoms with E-state index in [1.54, 1.807) is 7.05 Å². The van der Waals surface area contributed by atoms with Gasteiger partial charge in [0.15, 0.2) is 5.16 Å². The summed E-state index contributed by atoms with van der Waals surface area (Å²) >= 11 is 0.988. The zero-order chi connectivity index (χ0) is 14.5. The van der Waals surface area contributed by atoms with Gasteiger partial charge in [0, 0.05) is 13.5 Å². The summed E-state index contributed by atoms with van der Waals surface area (Å²) in [6, 6.07) is 0. The molecule has 0 unspecified atom stereocenters. The maximum Gasteiger partial charge on any atom is 0.411 e. The molecule has 108 valence electrons. The number of hydrogen-bond donors (Lipinski definition) is 1. The van der Waals surface area contributed by atoms with Gasteiger partial charge in [0.2, 0.25) is 0 Å². The van der Waals surface area contributed by atoms with Gasteiger partial charge in [-0.05, 0) is 0 Å². The average molecular weight is 299 g/mol. The summed E-state index contributed by atoms with van der Waals surface area (Å²) in [7, 11) is 1.61. The third-order valence-electron chi connectivity index (χ3n) is 1.99. The number of aromatic nitrogens is 3. The molecule has 1 aromatic rings. The molecule has 0 fully saturated rings. The highest BCUT2D eigenvalue weighted by Gasteiger charge is 2.27. The molecule has 0 bridgehead atoms. The number of carboxylic acids is 1. The Kier molecular flexibility index (Phi) is 5.60. The Bertz CT molecular complexity index is 436. The zero-order valence-corrected chi connectivity index (χ0v) is 10.8. The van der Waals surface area contributed by atoms with E-state index < -0.39 is 18.8 Å². The van der Waals surface area contributed by atoms with E-state index in [2.05, 4.69) is 14.9 Å².